The zero-order chi connectivity index (χ0) is 18.6. The number of nitrogens with zero attached hydrogens (tertiary/aromatic N) is 3. The van der Waals surface area contributed by atoms with Crippen molar-refractivity contribution in [1.29, 1.82) is 0 Å². The predicted molar refractivity (Wildman–Crippen MR) is 93.7 cm³/mol. The quantitative estimate of drug-likeness (QED) is 0.707. The van der Waals surface area contributed by atoms with Crippen molar-refractivity contribution in [3.05, 3.63) is 18.0 Å². The number of nitrogens with one attached hydrogen (secondary N) is 1. The molecular weight excluding hydrogens is 360 g/mol. The Labute approximate surface area is 153 Å². The van der Waals surface area contributed by atoms with E-state index in [9.17, 15) is 13.2 Å². The molecule has 1 amide bonds. The van der Waals surface area contributed by atoms with Crippen LogP contribution in [0.5, 0.6) is 0 Å². The highest BCUT2D eigenvalue weighted by Crippen LogP contribution is 2.19. The van der Waals surface area contributed by atoms with Crippen LogP contribution in [0.15, 0.2) is 12.4 Å². The molecule has 0 bridgehead atoms. The molecule has 1 atom stereocenters. The Morgan fingerprint density at radius 3 is 2.81 bits per heavy atom. The standard InChI is InChI=1S/C16H26N4O5S/c1-19-10-13(8-17-19)9-18-26(22,23)12-15-11-20(4-7-25-15)16(21)14-2-5-24-6-3-14/h8,10,14-15,18H,2-7,9,11-12H2,1H3/t15-/m1/s1. The van der Waals surface area contributed by atoms with Crippen LogP contribution in [0.2, 0.25) is 0 Å². The third kappa shape index (κ3) is 5.26. The third-order valence-corrected chi connectivity index (χ3v) is 6.08. The van der Waals surface area contributed by atoms with E-state index < -0.39 is 16.1 Å². The van der Waals surface area contributed by atoms with Crippen molar-refractivity contribution in [3.8, 4) is 0 Å². The summed E-state index contributed by atoms with van der Waals surface area (Å²) in [6.07, 6.45) is 4.32. The van der Waals surface area contributed by atoms with Gasteiger partial charge in [0.1, 0.15) is 0 Å². The Kier molecular flexibility index (Phi) is 6.28. The summed E-state index contributed by atoms with van der Waals surface area (Å²) in [5.41, 5.74) is 0.789. The van der Waals surface area contributed by atoms with Crippen LogP contribution >= 0.6 is 0 Å². The molecule has 2 fully saturated rings. The highest BCUT2D eigenvalue weighted by Gasteiger charge is 2.32. The number of carbonyl (C=O) groups excluding carboxylic acids is 1. The molecule has 0 aliphatic carbocycles. The number of carbonyl (C=O) groups is 1. The molecule has 10 heteroatoms. The molecule has 0 aromatic carbocycles. The number of hydrogen-bond acceptors (Lipinski definition) is 6. The molecule has 1 aromatic rings. The summed E-state index contributed by atoms with van der Waals surface area (Å²) in [7, 11) is -1.74. The first-order chi connectivity index (χ1) is 12.4. The van der Waals surface area contributed by atoms with Crippen LogP contribution in [0.1, 0.15) is 18.4 Å². The minimum Gasteiger partial charge on any atom is -0.381 e. The maximum atomic E-state index is 12.6. The molecular formula is C16H26N4O5S. The Balaban J connectivity index is 1.51. The summed E-state index contributed by atoms with van der Waals surface area (Å²) < 4.78 is 39.7. The Bertz CT molecular complexity index is 714. The van der Waals surface area contributed by atoms with Crippen molar-refractivity contribution in [2.45, 2.75) is 25.5 Å². The first-order valence-corrected chi connectivity index (χ1v) is 10.5. The largest absolute Gasteiger partial charge is 0.381 e. The van der Waals surface area contributed by atoms with E-state index in [1.807, 2.05) is 0 Å². The number of amides is 1. The summed E-state index contributed by atoms with van der Waals surface area (Å²) in [6.45, 7) is 2.58. The molecule has 146 valence electrons. The smallest absolute Gasteiger partial charge is 0.226 e. The average molecular weight is 386 g/mol. The maximum absolute atomic E-state index is 12.6. The van der Waals surface area contributed by atoms with E-state index in [1.54, 1.807) is 29.0 Å². The third-order valence-electron chi connectivity index (χ3n) is 4.68. The lowest BCUT2D eigenvalue weighted by molar-refractivity contribution is -0.145. The molecule has 0 unspecified atom stereocenters. The molecule has 0 saturated carbocycles. The van der Waals surface area contributed by atoms with Crippen LogP contribution in [0, 0.1) is 5.92 Å². The first-order valence-electron chi connectivity index (χ1n) is 8.86. The van der Waals surface area contributed by atoms with Crippen molar-refractivity contribution >= 4 is 15.9 Å². The molecule has 2 aliphatic heterocycles. The highest BCUT2D eigenvalue weighted by molar-refractivity contribution is 7.89. The molecule has 9 nitrogen and oxygen atoms in total. The monoisotopic (exact) mass is 386 g/mol. The van der Waals surface area contributed by atoms with Gasteiger partial charge in [-0.15, -0.1) is 0 Å². The highest BCUT2D eigenvalue weighted by atomic mass is 32.2. The first kappa shape index (κ1) is 19.3. The molecule has 3 heterocycles. The van der Waals surface area contributed by atoms with Gasteiger partial charge in [0.05, 0.1) is 24.7 Å². The second-order valence-corrected chi connectivity index (χ2v) is 8.64. The Morgan fingerprint density at radius 2 is 2.12 bits per heavy atom. The molecule has 2 saturated heterocycles. The van der Waals surface area contributed by atoms with Gasteiger partial charge in [0.25, 0.3) is 0 Å². The van der Waals surface area contributed by atoms with E-state index in [-0.39, 0.29) is 24.1 Å². The van der Waals surface area contributed by atoms with Crippen molar-refractivity contribution in [1.82, 2.24) is 19.4 Å². The van der Waals surface area contributed by atoms with Crippen molar-refractivity contribution in [2.75, 3.05) is 38.7 Å². The predicted octanol–water partition coefficient (Wildman–Crippen LogP) is -0.506. The normalized spacial score (nSPS) is 22.5. The van der Waals surface area contributed by atoms with E-state index in [4.69, 9.17) is 9.47 Å². The van der Waals surface area contributed by atoms with Crippen LogP contribution in [-0.4, -0.2) is 73.8 Å². The molecule has 1 N–H and O–H groups in total. The van der Waals surface area contributed by atoms with Crippen molar-refractivity contribution in [3.63, 3.8) is 0 Å². The Hall–Kier alpha value is -1.49. The summed E-state index contributed by atoms with van der Waals surface area (Å²) in [6, 6.07) is 0. The molecule has 26 heavy (non-hydrogen) atoms. The van der Waals surface area contributed by atoms with E-state index >= 15 is 0 Å². The minimum absolute atomic E-state index is 0.0252. The van der Waals surface area contributed by atoms with Gasteiger partial charge in [-0.2, -0.15) is 5.10 Å². The van der Waals surface area contributed by atoms with Gasteiger partial charge < -0.3 is 14.4 Å². The lowest BCUT2D eigenvalue weighted by atomic mass is 9.98. The lowest BCUT2D eigenvalue weighted by Gasteiger charge is -2.35. The summed E-state index contributed by atoms with van der Waals surface area (Å²) in [4.78, 5) is 14.4. The van der Waals surface area contributed by atoms with Crippen molar-refractivity contribution in [2.24, 2.45) is 13.0 Å². The van der Waals surface area contributed by atoms with E-state index in [0.29, 0.717) is 32.9 Å². The topological polar surface area (TPSA) is 103 Å². The van der Waals surface area contributed by atoms with Gasteiger partial charge in [-0.05, 0) is 12.8 Å². The number of sulfonamides is 1. The van der Waals surface area contributed by atoms with Crippen LogP contribution in [0.3, 0.4) is 0 Å². The summed E-state index contributed by atoms with van der Waals surface area (Å²) >= 11 is 0. The minimum atomic E-state index is -3.51. The fourth-order valence-electron chi connectivity index (χ4n) is 3.28. The van der Waals surface area contributed by atoms with Crippen LogP contribution in [0.25, 0.3) is 0 Å². The zero-order valence-electron chi connectivity index (χ0n) is 15.0. The number of morpholine rings is 1. The molecule has 2 aliphatic rings. The van der Waals surface area contributed by atoms with Gasteiger partial charge in [0, 0.05) is 57.6 Å². The van der Waals surface area contributed by atoms with Crippen LogP contribution in [-0.2, 0) is 37.9 Å². The van der Waals surface area contributed by atoms with Gasteiger partial charge in [-0.25, -0.2) is 13.1 Å². The number of aryl methyl sites for hydroxylation is 1. The average Bonchev–Trinajstić information content (AvgIpc) is 3.05. The van der Waals surface area contributed by atoms with Crippen LogP contribution in [0.4, 0.5) is 0 Å². The maximum Gasteiger partial charge on any atom is 0.226 e. The fourth-order valence-corrected chi connectivity index (χ4v) is 4.48. The van der Waals surface area contributed by atoms with Crippen LogP contribution < -0.4 is 4.72 Å². The summed E-state index contributed by atoms with van der Waals surface area (Å²) in [5.74, 6) is -0.102. The number of aromatic nitrogens is 2. The molecule has 1 aromatic heterocycles. The SMILES string of the molecule is Cn1cc(CNS(=O)(=O)C[C@H]2CN(C(=O)C3CCOCC3)CCO2)cn1. The Morgan fingerprint density at radius 1 is 1.35 bits per heavy atom. The van der Waals surface area contributed by atoms with E-state index in [0.717, 1.165) is 18.4 Å². The van der Waals surface area contributed by atoms with Gasteiger partial charge in [0.2, 0.25) is 15.9 Å². The van der Waals surface area contributed by atoms with Gasteiger partial charge in [0.15, 0.2) is 0 Å². The van der Waals surface area contributed by atoms with Gasteiger partial charge in [-0.1, -0.05) is 0 Å². The van der Waals surface area contributed by atoms with Crippen molar-refractivity contribution < 1.29 is 22.7 Å². The zero-order valence-corrected chi connectivity index (χ0v) is 15.8. The van der Waals surface area contributed by atoms with E-state index in [1.165, 1.54) is 0 Å². The molecule has 0 radical (unpaired) electrons. The van der Waals surface area contributed by atoms with Gasteiger partial charge >= 0.3 is 0 Å². The number of rotatable bonds is 6. The molecule has 3 rings (SSSR count). The number of hydrogen-bond donors (Lipinski definition) is 1. The van der Waals surface area contributed by atoms with Gasteiger partial charge in [-0.3, -0.25) is 9.48 Å². The van der Waals surface area contributed by atoms with E-state index in [2.05, 4.69) is 9.82 Å². The summed E-state index contributed by atoms with van der Waals surface area (Å²) in [5, 5.41) is 4.01. The molecule has 0 spiro atoms. The second-order valence-electron chi connectivity index (χ2n) is 6.79. The fraction of sp³-hybridized carbons (Fsp3) is 0.750. The second kappa shape index (κ2) is 8.47. The number of ether oxygens (including phenoxy) is 2. The lowest BCUT2D eigenvalue weighted by Crippen LogP contribution is -2.51.